The maximum atomic E-state index is 11.4. The molecule has 2 aromatic rings. The summed E-state index contributed by atoms with van der Waals surface area (Å²) in [5.41, 5.74) is -0.406. The molecule has 0 saturated heterocycles. The summed E-state index contributed by atoms with van der Waals surface area (Å²) in [6, 6.07) is 9.39. The zero-order chi connectivity index (χ0) is 14.8. The second kappa shape index (κ2) is 5.38. The summed E-state index contributed by atoms with van der Waals surface area (Å²) in [6.07, 6.45) is -0.523. The fourth-order valence-electron chi connectivity index (χ4n) is 1.86. The van der Waals surface area contributed by atoms with E-state index in [9.17, 15) is 9.90 Å². The molecule has 7 nitrogen and oxygen atoms in total. The van der Waals surface area contributed by atoms with Crippen LogP contribution >= 0.6 is 0 Å². The second-order valence-corrected chi connectivity index (χ2v) is 4.84. The largest absolute Gasteiger partial charge is 0.479 e. The standard InChI is InChI=1S/C13H16N4O3/c1-13(2,12(18)19)17-11(14-15-16-17)10(20-3)9-7-5-4-6-8-9/h4-8,10H,1-3H3,(H,18,19). The Bertz CT molecular complexity index is 595. The van der Waals surface area contributed by atoms with Crippen LogP contribution in [0.2, 0.25) is 0 Å². The zero-order valence-corrected chi connectivity index (χ0v) is 11.5. The summed E-state index contributed by atoms with van der Waals surface area (Å²) < 4.78 is 6.71. The van der Waals surface area contributed by atoms with Crippen LogP contribution in [-0.2, 0) is 15.1 Å². The first-order chi connectivity index (χ1) is 9.48. The van der Waals surface area contributed by atoms with Gasteiger partial charge in [-0.2, -0.15) is 0 Å². The number of methoxy groups -OCH3 is 1. The van der Waals surface area contributed by atoms with Gasteiger partial charge in [-0.1, -0.05) is 30.3 Å². The highest BCUT2D eigenvalue weighted by Crippen LogP contribution is 2.26. The molecule has 2 rings (SSSR count). The van der Waals surface area contributed by atoms with Crippen molar-refractivity contribution in [1.29, 1.82) is 0 Å². The molecule has 7 heteroatoms. The fraction of sp³-hybridized carbons (Fsp3) is 0.385. The first-order valence-electron chi connectivity index (χ1n) is 6.08. The SMILES string of the molecule is COC(c1ccccc1)c1nnnn1C(C)(C)C(=O)O. The normalized spacial score (nSPS) is 13.2. The molecule has 0 aliphatic heterocycles. The van der Waals surface area contributed by atoms with Crippen molar-refractivity contribution in [2.24, 2.45) is 0 Å². The van der Waals surface area contributed by atoms with Gasteiger partial charge in [0.1, 0.15) is 6.10 Å². The molecule has 1 aromatic heterocycles. The molecule has 0 bridgehead atoms. The average molecular weight is 276 g/mol. The summed E-state index contributed by atoms with van der Waals surface area (Å²) >= 11 is 0. The van der Waals surface area contributed by atoms with Crippen molar-refractivity contribution in [1.82, 2.24) is 20.2 Å². The van der Waals surface area contributed by atoms with Crippen molar-refractivity contribution < 1.29 is 14.6 Å². The van der Waals surface area contributed by atoms with Crippen LogP contribution in [0.5, 0.6) is 0 Å². The number of benzene rings is 1. The molecule has 20 heavy (non-hydrogen) atoms. The minimum atomic E-state index is -1.26. The topological polar surface area (TPSA) is 90.1 Å². The minimum absolute atomic E-state index is 0.353. The predicted molar refractivity (Wildman–Crippen MR) is 70.1 cm³/mol. The Kier molecular flexibility index (Phi) is 3.80. The molecule has 0 fully saturated rings. The summed E-state index contributed by atoms with van der Waals surface area (Å²) in [5.74, 6) is -0.667. The smallest absolute Gasteiger partial charge is 0.331 e. The van der Waals surface area contributed by atoms with Gasteiger partial charge in [0.05, 0.1) is 0 Å². The molecular formula is C13H16N4O3. The van der Waals surface area contributed by atoms with E-state index in [-0.39, 0.29) is 0 Å². The highest BCUT2D eigenvalue weighted by Gasteiger charge is 2.36. The molecule has 0 radical (unpaired) electrons. The molecule has 1 atom stereocenters. The lowest BCUT2D eigenvalue weighted by atomic mass is 10.0. The zero-order valence-electron chi connectivity index (χ0n) is 11.5. The Labute approximate surface area is 116 Å². The Morgan fingerprint density at radius 3 is 2.55 bits per heavy atom. The maximum Gasteiger partial charge on any atom is 0.331 e. The number of rotatable bonds is 5. The lowest BCUT2D eigenvalue weighted by Gasteiger charge is -2.23. The molecule has 1 unspecified atom stereocenters. The summed E-state index contributed by atoms with van der Waals surface area (Å²) in [6.45, 7) is 3.07. The van der Waals surface area contributed by atoms with Gasteiger partial charge in [0, 0.05) is 7.11 Å². The quantitative estimate of drug-likeness (QED) is 0.883. The van der Waals surface area contributed by atoms with Crippen molar-refractivity contribution in [2.45, 2.75) is 25.5 Å². The molecule has 0 spiro atoms. The Morgan fingerprint density at radius 1 is 1.35 bits per heavy atom. The van der Waals surface area contributed by atoms with Crippen molar-refractivity contribution in [3.05, 3.63) is 41.7 Å². The third-order valence-electron chi connectivity index (χ3n) is 3.12. The molecule has 0 aliphatic carbocycles. The molecule has 0 amide bonds. The van der Waals surface area contributed by atoms with Gasteiger partial charge in [0.15, 0.2) is 11.4 Å². The van der Waals surface area contributed by atoms with E-state index in [2.05, 4.69) is 15.5 Å². The molecule has 106 valence electrons. The van der Waals surface area contributed by atoms with Crippen LogP contribution in [0.4, 0.5) is 0 Å². The first-order valence-corrected chi connectivity index (χ1v) is 6.08. The summed E-state index contributed by atoms with van der Waals surface area (Å²) in [7, 11) is 1.53. The van der Waals surface area contributed by atoms with Crippen LogP contribution in [0.25, 0.3) is 0 Å². The van der Waals surface area contributed by atoms with Gasteiger partial charge in [0.2, 0.25) is 0 Å². The van der Waals surface area contributed by atoms with E-state index in [1.165, 1.54) is 25.6 Å². The number of carbonyl (C=O) groups is 1. The second-order valence-electron chi connectivity index (χ2n) is 4.84. The van der Waals surface area contributed by atoms with Gasteiger partial charge in [-0.3, -0.25) is 0 Å². The Balaban J connectivity index is 2.48. The number of hydrogen-bond acceptors (Lipinski definition) is 5. The van der Waals surface area contributed by atoms with Gasteiger partial charge in [-0.15, -0.1) is 5.10 Å². The van der Waals surface area contributed by atoms with Crippen molar-refractivity contribution in [3.8, 4) is 0 Å². The molecule has 1 N–H and O–H groups in total. The van der Waals surface area contributed by atoms with Gasteiger partial charge in [-0.25, -0.2) is 9.48 Å². The number of tetrazole rings is 1. The van der Waals surface area contributed by atoms with Gasteiger partial charge >= 0.3 is 5.97 Å². The number of ether oxygens (including phenoxy) is 1. The molecule has 0 saturated carbocycles. The third kappa shape index (κ3) is 2.39. The highest BCUT2D eigenvalue weighted by atomic mass is 16.5. The van der Waals surface area contributed by atoms with Crippen molar-refractivity contribution in [3.63, 3.8) is 0 Å². The maximum absolute atomic E-state index is 11.4. The van der Waals surface area contributed by atoms with Gasteiger partial charge in [0.25, 0.3) is 0 Å². The molecule has 1 aromatic carbocycles. The lowest BCUT2D eigenvalue weighted by molar-refractivity contribution is -0.146. The summed E-state index contributed by atoms with van der Waals surface area (Å²) in [4.78, 5) is 11.4. The lowest BCUT2D eigenvalue weighted by Crippen LogP contribution is -2.38. The molecular weight excluding hydrogens is 260 g/mol. The number of aliphatic carboxylic acids is 1. The third-order valence-corrected chi connectivity index (χ3v) is 3.12. The van der Waals surface area contributed by atoms with Crippen LogP contribution < -0.4 is 0 Å². The molecule has 1 heterocycles. The van der Waals surface area contributed by atoms with Crippen LogP contribution in [0, 0.1) is 0 Å². The number of carboxylic acids is 1. The monoisotopic (exact) mass is 276 g/mol. The van der Waals surface area contributed by atoms with E-state index in [1.54, 1.807) is 0 Å². The van der Waals surface area contributed by atoms with Crippen LogP contribution in [-0.4, -0.2) is 38.4 Å². The van der Waals surface area contributed by atoms with Crippen LogP contribution in [0.3, 0.4) is 0 Å². The predicted octanol–water partition coefficient (Wildman–Crippen LogP) is 1.23. The van der Waals surface area contributed by atoms with E-state index >= 15 is 0 Å². The average Bonchev–Trinajstić information content (AvgIpc) is 2.90. The van der Waals surface area contributed by atoms with Crippen molar-refractivity contribution in [2.75, 3.05) is 7.11 Å². The van der Waals surface area contributed by atoms with E-state index in [0.29, 0.717) is 5.82 Å². The van der Waals surface area contributed by atoms with Gasteiger partial charge < -0.3 is 9.84 Å². The molecule has 0 aliphatic rings. The highest BCUT2D eigenvalue weighted by molar-refractivity contribution is 5.75. The van der Waals surface area contributed by atoms with Gasteiger partial charge in [-0.05, 0) is 29.8 Å². The van der Waals surface area contributed by atoms with Crippen molar-refractivity contribution >= 4 is 5.97 Å². The number of hydrogen-bond donors (Lipinski definition) is 1. The van der Waals surface area contributed by atoms with E-state index in [4.69, 9.17) is 4.74 Å². The van der Waals surface area contributed by atoms with Crippen LogP contribution in [0.15, 0.2) is 30.3 Å². The Hall–Kier alpha value is -2.28. The number of nitrogens with zero attached hydrogens (tertiary/aromatic N) is 4. The van der Waals surface area contributed by atoms with Crippen LogP contribution in [0.1, 0.15) is 31.3 Å². The summed E-state index contributed by atoms with van der Waals surface area (Å²) in [5, 5.41) is 20.6. The van der Waals surface area contributed by atoms with E-state index in [0.717, 1.165) is 5.56 Å². The minimum Gasteiger partial charge on any atom is -0.479 e. The number of aromatic nitrogens is 4. The Morgan fingerprint density at radius 2 is 2.00 bits per heavy atom. The van der Waals surface area contributed by atoms with E-state index in [1.807, 2.05) is 30.3 Å². The number of carboxylic acid groups (broad SMARTS) is 1. The first kappa shape index (κ1) is 14.1. The van der Waals surface area contributed by atoms with E-state index < -0.39 is 17.6 Å². The fourth-order valence-corrected chi connectivity index (χ4v) is 1.86.